The number of carbonyl (C=O) groups is 3. The summed E-state index contributed by atoms with van der Waals surface area (Å²) in [5.41, 5.74) is 0. The van der Waals surface area contributed by atoms with Crippen molar-refractivity contribution in [3.8, 4) is 0 Å². The molecule has 1 N–H and O–H groups in total. The minimum absolute atomic E-state index is 0.180. The number of carboxylic acids is 1. The van der Waals surface area contributed by atoms with Gasteiger partial charge in [-0.3, -0.25) is 9.59 Å². The number of aliphatic carboxylic acids is 1. The maximum absolute atomic E-state index is 12.9. The van der Waals surface area contributed by atoms with E-state index in [0.717, 1.165) is 109 Å². The summed E-state index contributed by atoms with van der Waals surface area (Å²) >= 11 is 0. The molecule has 9 nitrogen and oxygen atoms in total. The van der Waals surface area contributed by atoms with Gasteiger partial charge in [0.2, 0.25) is 0 Å². The number of unbranched alkanes of at least 4 members (excludes halogenated alkanes) is 29. The lowest BCUT2D eigenvalue weighted by atomic mass is 10.0. The van der Waals surface area contributed by atoms with Gasteiger partial charge in [0.1, 0.15) is 13.2 Å². The van der Waals surface area contributed by atoms with Crippen LogP contribution in [-0.4, -0.2) is 87.4 Å². The molecule has 0 saturated carbocycles. The highest BCUT2D eigenvalue weighted by Crippen LogP contribution is 2.17. The van der Waals surface area contributed by atoms with Crippen molar-refractivity contribution in [3.05, 3.63) is 109 Å². The monoisotopic (exact) mass is 1160 g/mol. The first-order valence-corrected chi connectivity index (χ1v) is 34.1. The topological polar surface area (TPSA) is 108 Å². The fourth-order valence-corrected chi connectivity index (χ4v) is 9.32. The number of esters is 2. The summed E-state index contributed by atoms with van der Waals surface area (Å²) in [6, 6.07) is 0. The summed E-state index contributed by atoms with van der Waals surface area (Å²) < 4.78 is 22.9. The predicted octanol–water partition coefficient (Wildman–Crippen LogP) is 21.0. The van der Waals surface area contributed by atoms with Crippen molar-refractivity contribution in [2.24, 2.45) is 0 Å². The molecule has 0 aromatic heterocycles. The molecule has 2 atom stereocenters. The Labute approximate surface area is 511 Å². The second-order valence-electron chi connectivity index (χ2n) is 23.7. The molecule has 0 aliphatic carbocycles. The SMILES string of the molecule is CC/C=C\C/C=C\C/C=C\C/C=C\C/C=C\C/C=C\CCCCCCCCC(=O)OC(COC(=O)CCCCCCCCCCCCCCCCCCCC/C=C\C/C=C\C/C=C\CCCCCCC)COC(OCC[N+](C)(C)C)C(=O)O. The van der Waals surface area contributed by atoms with Crippen LogP contribution in [-0.2, 0) is 33.3 Å². The molecule has 0 fully saturated rings. The number of quaternary nitrogens is 1. The van der Waals surface area contributed by atoms with Crippen molar-refractivity contribution in [2.45, 2.75) is 296 Å². The summed E-state index contributed by atoms with van der Waals surface area (Å²) in [4.78, 5) is 37.6. The maximum Gasteiger partial charge on any atom is 0.361 e. The summed E-state index contributed by atoms with van der Waals surface area (Å²) in [6.45, 7) is 4.75. The van der Waals surface area contributed by atoms with Crippen molar-refractivity contribution in [2.75, 3.05) is 47.5 Å². The van der Waals surface area contributed by atoms with Gasteiger partial charge in [-0.05, 0) is 103 Å². The summed E-state index contributed by atoms with van der Waals surface area (Å²) in [6.07, 6.45) is 86.2. The fraction of sp³-hybridized carbons (Fsp3) is 0.716. The number of ether oxygens (including phenoxy) is 4. The maximum atomic E-state index is 12.9. The Morgan fingerprint density at radius 3 is 1.02 bits per heavy atom. The van der Waals surface area contributed by atoms with Gasteiger partial charge < -0.3 is 28.5 Å². The first-order chi connectivity index (χ1) is 40.6. The van der Waals surface area contributed by atoms with Crippen LogP contribution in [0.2, 0.25) is 0 Å². The highest BCUT2D eigenvalue weighted by Gasteiger charge is 2.25. The molecule has 0 aromatic carbocycles. The van der Waals surface area contributed by atoms with Gasteiger partial charge in [-0.1, -0.05) is 277 Å². The van der Waals surface area contributed by atoms with E-state index < -0.39 is 24.3 Å². The lowest BCUT2D eigenvalue weighted by molar-refractivity contribution is -0.870. The molecular formula is C74H128NO8+. The molecule has 0 saturated heterocycles. The molecule has 0 aliphatic heterocycles. The second kappa shape index (κ2) is 64.0. The molecule has 9 heteroatoms. The smallest absolute Gasteiger partial charge is 0.361 e. The number of carboxylic acid groups (broad SMARTS) is 1. The summed E-state index contributed by atoms with van der Waals surface area (Å²) in [5, 5.41) is 9.74. The molecule has 0 aromatic rings. The van der Waals surface area contributed by atoms with E-state index in [1.54, 1.807) is 0 Å². The summed E-state index contributed by atoms with van der Waals surface area (Å²) in [5.74, 6) is -2.02. The van der Waals surface area contributed by atoms with Crippen LogP contribution < -0.4 is 0 Å². The molecule has 0 rings (SSSR count). The number of hydrogen-bond donors (Lipinski definition) is 1. The lowest BCUT2D eigenvalue weighted by Gasteiger charge is -2.25. The Morgan fingerprint density at radius 2 is 0.687 bits per heavy atom. The molecule has 0 bridgehead atoms. The van der Waals surface area contributed by atoms with Crippen molar-refractivity contribution < 1.29 is 42.9 Å². The fourth-order valence-electron chi connectivity index (χ4n) is 9.32. The Hall–Kier alpha value is -4.05. The largest absolute Gasteiger partial charge is 0.477 e. The molecule has 83 heavy (non-hydrogen) atoms. The van der Waals surface area contributed by atoms with Crippen LogP contribution >= 0.6 is 0 Å². The van der Waals surface area contributed by atoms with E-state index >= 15 is 0 Å². The zero-order chi connectivity index (χ0) is 60.5. The third-order valence-electron chi connectivity index (χ3n) is 14.5. The van der Waals surface area contributed by atoms with Crippen LogP contribution in [0.1, 0.15) is 284 Å². The van der Waals surface area contributed by atoms with Crippen molar-refractivity contribution in [3.63, 3.8) is 0 Å². The van der Waals surface area contributed by atoms with Crippen LogP contribution in [0.3, 0.4) is 0 Å². The third-order valence-corrected chi connectivity index (χ3v) is 14.5. The molecule has 0 radical (unpaired) electrons. The molecular weight excluding hydrogens is 1030 g/mol. The van der Waals surface area contributed by atoms with Gasteiger partial charge in [-0.2, -0.15) is 0 Å². The average Bonchev–Trinajstić information content (AvgIpc) is 3.46. The number of carbonyl (C=O) groups excluding carboxylic acids is 2. The van der Waals surface area contributed by atoms with Gasteiger partial charge in [0, 0.05) is 12.8 Å². The number of rotatable bonds is 62. The predicted molar refractivity (Wildman–Crippen MR) is 355 cm³/mol. The number of nitrogens with zero attached hydrogens (tertiary/aromatic N) is 1. The van der Waals surface area contributed by atoms with Crippen molar-refractivity contribution in [1.29, 1.82) is 0 Å². The van der Waals surface area contributed by atoms with Crippen LogP contribution in [0.15, 0.2) is 109 Å². The van der Waals surface area contributed by atoms with Crippen LogP contribution in [0, 0.1) is 0 Å². The molecule has 2 unspecified atom stereocenters. The van der Waals surface area contributed by atoms with Crippen LogP contribution in [0.5, 0.6) is 0 Å². The Balaban J connectivity index is 4.15. The second-order valence-corrected chi connectivity index (χ2v) is 23.7. The highest BCUT2D eigenvalue weighted by molar-refractivity contribution is 5.71. The molecule has 0 aliphatic rings. The van der Waals surface area contributed by atoms with Crippen LogP contribution in [0.4, 0.5) is 0 Å². The van der Waals surface area contributed by atoms with Gasteiger partial charge in [0.05, 0.1) is 34.4 Å². The van der Waals surface area contributed by atoms with Gasteiger partial charge in [0.15, 0.2) is 6.10 Å². The van der Waals surface area contributed by atoms with E-state index in [-0.39, 0.29) is 32.2 Å². The Bertz CT molecular complexity index is 1730. The minimum Gasteiger partial charge on any atom is -0.477 e. The van der Waals surface area contributed by atoms with Gasteiger partial charge >= 0.3 is 17.9 Å². The van der Waals surface area contributed by atoms with Gasteiger partial charge in [0.25, 0.3) is 6.29 Å². The minimum atomic E-state index is -1.52. The van der Waals surface area contributed by atoms with E-state index in [9.17, 15) is 19.5 Å². The van der Waals surface area contributed by atoms with E-state index in [2.05, 4.69) is 123 Å². The van der Waals surface area contributed by atoms with E-state index in [0.29, 0.717) is 23.9 Å². The molecule has 0 spiro atoms. The Kier molecular flexibility index (Phi) is 60.8. The highest BCUT2D eigenvalue weighted by atomic mass is 16.7. The van der Waals surface area contributed by atoms with E-state index in [1.165, 1.54) is 141 Å². The first kappa shape index (κ1) is 79.0. The zero-order valence-corrected chi connectivity index (χ0v) is 54.3. The molecule has 476 valence electrons. The lowest BCUT2D eigenvalue weighted by Crippen LogP contribution is -2.40. The van der Waals surface area contributed by atoms with Crippen LogP contribution in [0.25, 0.3) is 0 Å². The van der Waals surface area contributed by atoms with Gasteiger partial charge in [-0.25, -0.2) is 4.79 Å². The van der Waals surface area contributed by atoms with E-state index in [1.807, 2.05) is 21.1 Å². The third kappa shape index (κ3) is 65.3. The molecule has 0 heterocycles. The zero-order valence-electron chi connectivity index (χ0n) is 54.3. The van der Waals surface area contributed by atoms with Gasteiger partial charge in [-0.15, -0.1) is 0 Å². The van der Waals surface area contributed by atoms with E-state index in [4.69, 9.17) is 18.9 Å². The van der Waals surface area contributed by atoms with Crippen molar-refractivity contribution in [1.82, 2.24) is 0 Å². The summed E-state index contributed by atoms with van der Waals surface area (Å²) in [7, 11) is 5.97. The van der Waals surface area contributed by atoms with Crippen molar-refractivity contribution >= 4 is 17.9 Å². The standard InChI is InChI=1S/C74H127NO8/c1-6-8-10-12-14-16-18-20-22-24-26-28-30-32-33-34-35-36-37-38-39-41-42-44-46-48-50-52-54-56-58-60-62-64-71(76)81-68-70(69-82-74(73(78)79)80-67-66-75(3,4)5)83-72(77)65-63-61-59-57-55-53-51-49-47-45-43-40-31-29-27-25-23-21-19-17-15-13-11-9-7-2/h9,11,15,17-18,20-21,23-24,26-27,29-30,32,40,43,47,49,70,74H,6-8,10,12-14,16,19,22,25,28,31,33-39,41-42,44-46,48,50-69H2,1-5H3/p+1/b11-9-,17-15-,20-18-,23-21-,26-24-,29-27-,32-30-,43-40-,49-47-. The number of likely N-dealkylation sites (N-methyl/N-ethyl adjacent to an activating group) is 1. The number of hydrogen-bond acceptors (Lipinski definition) is 7. The molecule has 0 amide bonds. The average molecular weight is 1160 g/mol. The normalized spacial score (nSPS) is 13.4. The number of allylic oxidation sites excluding steroid dienone is 18. The first-order valence-electron chi connectivity index (χ1n) is 34.1. The quantitative estimate of drug-likeness (QED) is 0.0211. The Morgan fingerprint density at radius 1 is 0.373 bits per heavy atom.